The second kappa shape index (κ2) is 4.97. The molecule has 0 spiro atoms. The number of hydrogen-bond acceptors (Lipinski definition) is 2. The van der Waals surface area contributed by atoms with Crippen molar-refractivity contribution in [3.63, 3.8) is 0 Å². The zero-order valence-electron chi connectivity index (χ0n) is 8.60. The highest BCUT2D eigenvalue weighted by molar-refractivity contribution is 4.78. The van der Waals surface area contributed by atoms with Gasteiger partial charge in [-0.25, -0.2) is 0 Å². The van der Waals surface area contributed by atoms with E-state index in [-0.39, 0.29) is 0 Å². The van der Waals surface area contributed by atoms with E-state index in [0.717, 1.165) is 6.04 Å². The third-order valence-electron chi connectivity index (χ3n) is 3.47. The van der Waals surface area contributed by atoms with Crippen LogP contribution in [-0.2, 0) is 0 Å². The predicted octanol–water partition coefficient (Wildman–Crippen LogP) is 1.61. The first-order valence-corrected chi connectivity index (χ1v) is 5.91. The lowest BCUT2D eigenvalue weighted by molar-refractivity contribution is 0.187. The zero-order valence-corrected chi connectivity index (χ0v) is 8.60. The normalized spacial score (nSPS) is 28.6. The molecule has 2 fully saturated rings. The van der Waals surface area contributed by atoms with Crippen molar-refractivity contribution in [3.8, 4) is 0 Å². The molecular formula is C11H22N2. The number of nitrogens with one attached hydrogen (secondary N) is 1. The van der Waals surface area contributed by atoms with Gasteiger partial charge in [0.25, 0.3) is 0 Å². The molecule has 0 aromatic heterocycles. The Kier molecular flexibility index (Phi) is 3.62. The van der Waals surface area contributed by atoms with Crippen LogP contribution in [0.25, 0.3) is 0 Å². The fraction of sp³-hybridized carbons (Fsp3) is 1.00. The number of rotatable bonds is 1. The summed E-state index contributed by atoms with van der Waals surface area (Å²) < 4.78 is 0. The lowest BCUT2D eigenvalue weighted by Crippen LogP contribution is -2.41. The maximum Gasteiger partial charge on any atom is 0.0110 e. The van der Waals surface area contributed by atoms with E-state index in [9.17, 15) is 0 Å². The van der Waals surface area contributed by atoms with Gasteiger partial charge in [-0.15, -0.1) is 0 Å². The van der Waals surface area contributed by atoms with Crippen LogP contribution in [0.2, 0.25) is 0 Å². The molecule has 0 amide bonds. The minimum atomic E-state index is 0.930. The molecule has 0 aromatic rings. The average molecular weight is 182 g/mol. The third kappa shape index (κ3) is 2.68. The highest BCUT2D eigenvalue weighted by atomic mass is 15.2. The summed E-state index contributed by atoms with van der Waals surface area (Å²) in [4.78, 5) is 2.72. The van der Waals surface area contributed by atoms with Crippen LogP contribution >= 0.6 is 0 Å². The summed E-state index contributed by atoms with van der Waals surface area (Å²) in [5.74, 6) is 0. The summed E-state index contributed by atoms with van der Waals surface area (Å²) in [6.45, 7) is 5.08. The summed E-state index contributed by atoms with van der Waals surface area (Å²) in [7, 11) is 0. The second-order valence-electron chi connectivity index (χ2n) is 4.43. The van der Waals surface area contributed by atoms with Crippen molar-refractivity contribution < 1.29 is 0 Å². The standard InChI is InChI=1S/C11H22N2/c1-2-6-11(5-1)13-9-4-3-7-12-8-10-13/h11-12H,1-10H2. The van der Waals surface area contributed by atoms with Crippen molar-refractivity contribution in [1.82, 2.24) is 10.2 Å². The van der Waals surface area contributed by atoms with E-state index in [0.29, 0.717) is 0 Å². The molecule has 76 valence electrons. The van der Waals surface area contributed by atoms with Crippen LogP contribution in [0.4, 0.5) is 0 Å². The quantitative estimate of drug-likeness (QED) is 0.663. The van der Waals surface area contributed by atoms with Crippen LogP contribution in [0.5, 0.6) is 0 Å². The van der Waals surface area contributed by atoms with Gasteiger partial charge in [0.05, 0.1) is 0 Å². The Morgan fingerprint density at radius 2 is 1.69 bits per heavy atom. The minimum Gasteiger partial charge on any atom is -0.315 e. The van der Waals surface area contributed by atoms with Crippen molar-refractivity contribution >= 4 is 0 Å². The fourth-order valence-corrected chi connectivity index (χ4v) is 2.66. The van der Waals surface area contributed by atoms with Crippen LogP contribution in [-0.4, -0.2) is 37.1 Å². The molecule has 0 radical (unpaired) electrons. The first-order chi connectivity index (χ1) is 6.47. The molecule has 0 bridgehead atoms. The van der Waals surface area contributed by atoms with Crippen LogP contribution in [0.1, 0.15) is 38.5 Å². The molecule has 0 atom stereocenters. The van der Waals surface area contributed by atoms with Gasteiger partial charge in [0.1, 0.15) is 0 Å². The Labute approximate surface area is 81.7 Å². The Morgan fingerprint density at radius 1 is 0.846 bits per heavy atom. The summed E-state index contributed by atoms with van der Waals surface area (Å²) in [6, 6.07) is 0.930. The van der Waals surface area contributed by atoms with Gasteiger partial charge in [0.15, 0.2) is 0 Å². The van der Waals surface area contributed by atoms with Crippen molar-refractivity contribution in [2.24, 2.45) is 0 Å². The van der Waals surface area contributed by atoms with E-state index in [2.05, 4.69) is 10.2 Å². The van der Waals surface area contributed by atoms with Gasteiger partial charge in [0.2, 0.25) is 0 Å². The molecule has 0 aromatic carbocycles. The molecule has 0 unspecified atom stereocenters. The topological polar surface area (TPSA) is 15.3 Å². The average Bonchev–Trinajstić information content (AvgIpc) is 2.55. The van der Waals surface area contributed by atoms with Crippen molar-refractivity contribution in [1.29, 1.82) is 0 Å². The maximum atomic E-state index is 3.50. The second-order valence-corrected chi connectivity index (χ2v) is 4.43. The molecule has 1 saturated heterocycles. The monoisotopic (exact) mass is 182 g/mol. The maximum absolute atomic E-state index is 3.50. The Hall–Kier alpha value is -0.0800. The first kappa shape index (κ1) is 9.47. The first-order valence-electron chi connectivity index (χ1n) is 5.91. The Morgan fingerprint density at radius 3 is 2.54 bits per heavy atom. The number of hydrogen-bond donors (Lipinski definition) is 1. The summed E-state index contributed by atoms with van der Waals surface area (Å²) in [5.41, 5.74) is 0. The van der Waals surface area contributed by atoms with E-state index < -0.39 is 0 Å². The van der Waals surface area contributed by atoms with Gasteiger partial charge >= 0.3 is 0 Å². The minimum absolute atomic E-state index is 0.930. The van der Waals surface area contributed by atoms with Gasteiger partial charge < -0.3 is 5.32 Å². The molecular weight excluding hydrogens is 160 g/mol. The highest BCUT2D eigenvalue weighted by Gasteiger charge is 2.22. The van der Waals surface area contributed by atoms with Crippen LogP contribution < -0.4 is 5.32 Å². The van der Waals surface area contributed by atoms with Gasteiger partial charge in [-0.2, -0.15) is 0 Å². The molecule has 1 aliphatic heterocycles. The van der Waals surface area contributed by atoms with Crippen molar-refractivity contribution in [2.75, 3.05) is 26.2 Å². The van der Waals surface area contributed by atoms with Crippen LogP contribution in [0, 0.1) is 0 Å². The zero-order chi connectivity index (χ0) is 8.93. The van der Waals surface area contributed by atoms with Gasteiger partial charge in [-0.3, -0.25) is 4.90 Å². The van der Waals surface area contributed by atoms with Crippen LogP contribution in [0.15, 0.2) is 0 Å². The SMILES string of the molecule is C1CCN(C2CCCC2)CCNC1. The van der Waals surface area contributed by atoms with Crippen molar-refractivity contribution in [3.05, 3.63) is 0 Å². The molecule has 2 heteroatoms. The summed E-state index contributed by atoms with van der Waals surface area (Å²) in [5, 5.41) is 3.50. The molecule has 13 heavy (non-hydrogen) atoms. The summed E-state index contributed by atoms with van der Waals surface area (Å²) >= 11 is 0. The summed E-state index contributed by atoms with van der Waals surface area (Å²) in [6.07, 6.45) is 8.61. The molecule has 1 heterocycles. The molecule has 2 rings (SSSR count). The largest absolute Gasteiger partial charge is 0.315 e. The fourth-order valence-electron chi connectivity index (χ4n) is 2.66. The van der Waals surface area contributed by atoms with E-state index in [1.165, 1.54) is 64.7 Å². The third-order valence-corrected chi connectivity index (χ3v) is 3.47. The van der Waals surface area contributed by atoms with E-state index in [1.54, 1.807) is 0 Å². The van der Waals surface area contributed by atoms with E-state index in [4.69, 9.17) is 0 Å². The van der Waals surface area contributed by atoms with Gasteiger partial charge in [-0.1, -0.05) is 12.8 Å². The Balaban J connectivity index is 1.80. The molecule has 2 aliphatic rings. The van der Waals surface area contributed by atoms with Crippen molar-refractivity contribution in [2.45, 2.75) is 44.6 Å². The molecule has 2 nitrogen and oxygen atoms in total. The predicted molar refractivity (Wildman–Crippen MR) is 55.9 cm³/mol. The van der Waals surface area contributed by atoms with E-state index in [1.807, 2.05) is 0 Å². The molecule has 1 aliphatic carbocycles. The van der Waals surface area contributed by atoms with Gasteiger partial charge in [0, 0.05) is 19.1 Å². The molecule has 1 N–H and O–H groups in total. The molecule has 1 saturated carbocycles. The lowest BCUT2D eigenvalue weighted by atomic mass is 10.1. The highest BCUT2D eigenvalue weighted by Crippen LogP contribution is 2.23. The Bertz CT molecular complexity index is 133. The lowest BCUT2D eigenvalue weighted by Gasteiger charge is -2.30. The van der Waals surface area contributed by atoms with Crippen LogP contribution in [0.3, 0.4) is 0 Å². The number of nitrogens with zero attached hydrogens (tertiary/aromatic N) is 1. The smallest absolute Gasteiger partial charge is 0.0110 e. The van der Waals surface area contributed by atoms with Gasteiger partial charge in [-0.05, 0) is 38.8 Å². The van der Waals surface area contributed by atoms with E-state index >= 15 is 0 Å².